The summed E-state index contributed by atoms with van der Waals surface area (Å²) in [5.74, 6) is 0.365. The maximum atomic E-state index is 10.5. The van der Waals surface area contributed by atoms with E-state index in [-0.39, 0.29) is 5.82 Å². The van der Waals surface area contributed by atoms with Gasteiger partial charge in [-0.15, -0.1) is 0 Å². The summed E-state index contributed by atoms with van der Waals surface area (Å²) in [4.78, 5) is 37.1. The first-order chi connectivity index (χ1) is 7.49. The van der Waals surface area contributed by atoms with Crippen LogP contribution in [0.25, 0.3) is 0 Å². The Bertz CT molecular complexity index is 448. The number of carbonyl (C=O) groups is 1. The summed E-state index contributed by atoms with van der Waals surface area (Å²) in [6.45, 7) is 0.957. The molecule has 0 spiro atoms. The third-order valence-corrected chi connectivity index (χ3v) is 2.09. The van der Waals surface area contributed by atoms with Crippen LogP contribution < -0.4 is 17.0 Å². The molecule has 2 heterocycles. The van der Waals surface area contributed by atoms with Crippen LogP contribution in [0.5, 0.6) is 0 Å². The van der Waals surface area contributed by atoms with E-state index in [0.29, 0.717) is 5.91 Å². The van der Waals surface area contributed by atoms with Gasteiger partial charge in [0.2, 0.25) is 5.91 Å². The van der Waals surface area contributed by atoms with E-state index in [1.165, 1.54) is 0 Å². The summed E-state index contributed by atoms with van der Waals surface area (Å²) in [6.07, 6.45) is 1.81. The second-order valence-electron chi connectivity index (χ2n) is 3.46. The lowest BCUT2D eigenvalue weighted by atomic mass is 10.4. The highest BCUT2D eigenvalue weighted by molar-refractivity contribution is 5.77. The molecular formula is C9H14N4O3. The highest BCUT2D eigenvalue weighted by Crippen LogP contribution is 2.04. The van der Waals surface area contributed by atoms with Crippen LogP contribution >= 0.6 is 0 Å². The summed E-state index contributed by atoms with van der Waals surface area (Å²) in [7, 11) is 1.84. The van der Waals surface area contributed by atoms with Crippen molar-refractivity contribution in [3.63, 3.8) is 0 Å². The average Bonchev–Trinajstić information content (AvgIpc) is 2.49. The molecule has 0 radical (unpaired) electrons. The first-order valence-electron chi connectivity index (χ1n) is 4.82. The van der Waals surface area contributed by atoms with Gasteiger partial charge in [0.1, 0.15) is 5.82 Å². The Morgan fingerprint density at radius 3 is 2.31 bits per heavy atom. The van der Waals surface area contributed by atoms with Crippen LogP contribution in [0.15, 0.2) is 15.7 Å². The minimum absolute atomic E-state index is 0.0729. The molecule has 1 aliphatic heterocycles. The number of rotatable bonds is 0. The van der Waals surface area contributed by atoms with E-state index in [1.54, 1.807) is 4.90 Å². The maximum absolute atomic E-state index is 10.5. The van der Waals surface area contributed by atoms with E-state index in [4.69, 9.17) is 5.73 Å². The number of H-pyrrole nitrogens is 2. The summed E-state index contributed by atoms with van der Waals surface area (Å²) in [5.41, 5.74) is 4.01. The van der Waals surface area contributed by atoms with Crippen molar-refractivity contribution in [2.45, 2.75) is 12.8 Å². The number of nitrogens with zero attached hydrogens (tertiary/aromatic N) is 1. The summed E-state index contributed by atoms with van der Waals surface area (Å²) >= 11 is 0. The zero-order chi connectivity index (χ0) is 12.1. The number of anilines is 1. The SMILES string of the molecule is CN1CCCC1=O.Nc1cc(=O)[nH]c(=O)[nH]1. The number of amides is 1. The van der Waals surface area contributed by atoms with Gasteiger partial charge >= 0.3 is 5.69 Å². The number of aromatic nitrogens is 2. The van der Waals surface area contributed by atoms with Crippen molar-refractivity contribution in [3.05, 3.63) is 26.9 Å². The number of nitrogens with one attached hydrogen (secondary N) is 2. The molecule has 7 heteroatoms. The smallest absolute Gasteiger partial charge is 0.327 e. The van der Waals surface area contributed by atoms with Crippen molar-refractivity contribution in [2.24, 2.45) is 0 Å². The maximum Gasteiger partial charge on any atom is 0.327 e. The van der Waals surface area contributed by atoms with E-state index in [1.807, 2.05) is 12.0 Å². The minimum Gasteiger partial charge on any atom is -0.385 e. The van der Waals surface area contributed by atoms with Crippen molar-refractivity contribution < 1.29 is 4.79 Å². The standard InChI is InChI=1S/C5H9NO.C4H5N3O2/c1-6-4-2-3-5(6)7;5-2-1-3(8)7-4(9)6-2/h2-4H2,1H3;1H,(H4,5,6,7,8,9). The van der Waals surface area contributed by atoms with E-state index in [9.17, 15) is 14.4 Å². The van der Waals surface area contributed by atoms with Crippen LogP contribution in [-0.2, 0) is 4.79 Å². The molecule has 0 saturated carbocycles. The molecule has 88 valence electrons. The Hall–Kier alpha value is -2.05. The highest BCUT2D eigenvalue weighted by Gasteiger charge is 2.14. The molecule has 1 aromatic heterocycles. The number of hydrogen-bond acceptors (Lipinski definition) is 4. The van der Waals surface area contributed by atoms with Gasteiger partial charge in [-0.2, -0.15) is 0 Å². The average molecular weight is 226 g/mol. The number of aromatic amines is 2. The molecule has 0 bridgehead atoms. The van der Waals surface area contributed by atoms with Gasteiger partial charge in [-0.3, -0.25) is 19.6 Å². The third kappa shape index (κ3) is 3.60. The van der Waals surface area contributed by atoms with Crippen LogP contribution in [0.4, 0.5) is 5.82 Å². The molecule has 1 saturated heterocycles. The molecule has 0 aromatic carbocycles. The Kier molecular flexibility index (Phi) is 3.87. The zero-order valence-electron chi connectivity index (χ0n) is 8.95. The lowest BCUT2D eigenvalue weighted by Gasteiger charge is -2.03. The normalized spacial score (nSPS) is 14.6. The second kappa shape index (κ2) is 5.15. The van der Waals surface area contributed by atoms with Gasteiger partial charge < -0.3 is 10.6 Å². The van der Waals surface area contributed by atoms with Crippen molar-refractivity contribution in [2.75, 3.05) is 19.3 Å². The topological polar surface area (TPSA) is 112 Å². The molecule has 16 heavy (non-hydrogen) atoms. The molecule has 4 N–H and O–H groups in total. The molecule has 1 amide bonds. The molecule has 1 aliphatic rings. The fraction of sp³-hybridized carbons (Fsp3) is 0.444. The van der Waals surface area contributed by atoms with Crippen LogP contribution in [0.3, 0.4) is 0 Å². The van der Waals surface area contributed by atoms with E-state index in [2.05, 4.69) is 4.98 Å². The van der Waals surface area contributed by atoms with Crippen LogP contribution in [0, 0.1) is 0 Å². The van der Waals surface area contributed by atoms with Crippen molar-refractivity contribution in [1.29, 1.82) is 0 Å². The van der Waals surface area contributed by atoms with E-state index in [0.717, 1.165) is 25.5 Å². The summed E-state index contributed by atoms with van der Waals surface area (Å²) in [6, 6.07) is 1.10. The quantitative estimate of drug-likeness (QED) is 0.520. The van der Waals surface area contributed by atoms with Gasteiger partial charge in [-0.05, 0) is 6.42 Å². The monoisotopic (exact) mass is 226 g/mol. The molecule has 0 aliphatic carbocycles. The van der Waals surface area contributed by atoms with Gasteiger partial charge in [-0.1, -0.05) is 0 Å². The predicted octanol–water partition coefficient (Wildman–Crippen LogP) is -1.12. The van der Waals surface area contributed by atoms with Gasteiger partial charge in [0.25, 0.3) is 5.56 Å². The van der Waals surface area contributed by atoms with E-state index < -0.39 is 11.2 Å². The largest absolute Gasteiger partial charge is 0.385 e. The predicted molar refractivity (Wildman–Crippen MR) is 59.0 cm³/mol. The lowest BCUT2D eigenvalue weighted by molar-refractivity contribution is -0.126. The Morgan fingerprint density at radius 2 is 2.00 bits per heavy atom. The van der Waals surface area contributed by atoms with Gasteiger partial charge in [-0.25, -0.2) is 4.79 Å². The number of hydrogen-bond donors (Lipinski definition) is 3. The van der Waals surface area contributed by atoms with Crippen LogP contribution in [-0.4, -0.2) is 34.4 Å². The molecule has 7 nitrogen and oxygen atoms in total. The van der Waals surface area contributed by atoms with Crippen molar-refractivity contribution in [1.82, 2.24) is 14.9 Å². The number of nitrogens with two attached hydrogens (primary N) is 1. The first-order valence-corrected chi connectivity index (χ1v) is 4.82. The third-order valence-electron chi connectivity index (χ3n) is 2.09. The fourth-order valence-electron chi connectivity index (χ4n) is 1.27. The molecule has 1 fully saturated rings. The fourth-order valence-corrected chi connectivity index (χ4v) is 1.27. The summed E-state index contributed by atoms with van der Waals surface area (Å²) < 4.78 is 0. The number of carbonyl (C=O) groups excluding carboxylic acids is 1. The Balaban J connectivity index is 0.000000165. The molecule has 1 aromatic rings. The Morgan fingerprint density at radius 1 is 1.31 bits per heavy atom. The minimum atomic E-state index is -0.583. The lowest BCUT2D eigenvalue weighted by Crippen LogP contribution is -2.22. The van der Waals surface area contributed by atoms with Crippen molar-refractivity contribution in [3.8, 4) is 0 Å². The van der Waals surface area contributed by atoms with Crippen LogP contribution in [0.1, 0.15) is 12.8 Å². The molecular weight excluding hydrogens is 212 g/mol. The first kappa shape index (κ1) is 12.0. The van der Waals surface area contributed by atoms with Crippen molar-refractivity contribution >= 4 is 11.7 Å². The number of likely N-dealkylation sites (tertiary alicyclic amines) is 1. The van der Waals surface area contributed by atoms with E-state index >= 15 is 0 Å². The highest BCUT2D eigenvalue weighted by atomic mass is 16.2. The van der Waals surface area contributed by atoms with Crippen LogP contribution in [0.2, 0.25) is 0 Å². The van der Waals surface area contributed by atoms with Gasteiger partial charge in [0.15, 0.2) is 0 Å². The molecule has 0 atom stereocenters. The van der Waals surface area contributed by atoms with Gasteiger partial charge in [0.05, 0.1) is 0 Å². The second-order valence-corrected chi connectivity index (χ2v) is 3.46. The molecule has 2 rings (SSSR count). The summed E-state index contributed by atoms with van der Waals surface area (Å²) in [5, 5.41) is 0. The van der Waals surface area contributed by atoms with Gasteiger partial charge in [0, 0.05) is 26.1 Å². The number of nitrogen functional groups attached to an aromatic ring is 1. The molecule has 0 unspecified atom stereocenters. The zero-order valence-corrected chi connectivity index (χ0v) is 8.95. The Labute approximate surface area is 91.3 Å².